The molecule has 24 heavy (non-hydrogen) atoms. The zero-order chi connectivity index (χ0) is 17.4. The zero-order valence-corrected chi connectivity index (χ0v) is 13.9. The van der Waals surface area contributed by atoms with Gasteiger partial charge in [0, 0.05) is 31.0 Å². The first-order chi connectivity index (χ1) is 11.6. The molecular formula is C18H22N4O2. The number of nitrogens with one attached hydrogen (secondary N) is 3. The van der Waals surface area contributed by atoms with E-state index in [1.807, 2.05) is 50.2 Å². The van der Waals surface area contributed by atoms with Crippen LogP contribution in [0, 0.1) is 0 Å². The normalized spacial score (nSPS) is 11.4. The Morgan fingerprint density at radius 2 is 1.92 bits per heavy atom. The van der Waals surface area contributed by atoms with Crippen LogP contribution in [0.1, 0.15) is 37.4 Å². The summed E-state index contributed by atoms with van der Waals surface area (Å²) in [5.74, 6) is 0.0134. The van der Waals surface area contributed by atoms with Crippen LogP contribution in [0.5, 0.6) is 0 Å². The number of aromatic nitrogens is 1. The fraction of sp³-hybridized carbons (Fsp3) is 0.278. The highest BCUT2D eigenvalue weighted by Crippen LogP contribution is 2.16. The summed E-state index contributed by atoms with van der Waals surface area (Å²) in [6.07, 6.45) is 3.86. The van der Waals surface area contributed by atoms with Gasteiger partial charge in [0.05, 0.1) is 6.04 Å². The third-order valence-electron chi connectivity index (χ3n) is 3.54. The Balaban J connectivity index is 1.84. The second-order valence-corrected chi connectivity index (χ2v) is 5.43. The highest BCUT2D eigenvalue weighted by molar-refractivity contribution is 5.89. The molecule has 0 unspecified atom stereocenters. The summed E-state index contributed by atoms with van der Waals surface area (Å²) in [5, 5.41) is 8.44. The maximum Gasteiger partial charge on any atom is 0.319 e. The van der Waals surface area contributed by atoms with Gasteiger partial charge in [-0.2, -0.15) is 0 Å². The van der Waals surface area contributed by atoms with Gasteiger partial charge in [-0.1, -0.05) is 25.1 Å². The number of pyridine rings is 1. The molecule has 0 radical (unpaired) electrons. The molecule has 1 heterocycles. The van der Waals surface area contributed by atoms with Gasteiger partial charge in [0.2, 0.25) is 5.91 Å². The zero-order valence-electron chi connectivity index (χ0n) is 13.9. The molecule has 1 atom stereocenters. The number of rotatable bonds is 6. The standard InChI is InChI=1S/C18H22N4O2/c1-3-17(23)21-13(2)15-6-8-16(9-7-15)22-18(24)20-12-14-5-4-10-19-11-14/h4-11,13H,3,12H2,1-2H3,(H,21,23)(H2,20,22,24)/t13-/m0/s1. The number of carbonyl (C=O) groups is 2. The SMILES string of the molecule is CCC(=O)N[C@@H](C)c1ccc(NC(=O)NCc2cccnc2)cc1. The minimum absolute atomic E-state index is 0.0134. The number of hydrogen-bond donors (Lipinski definition) is 3. The van der Waals surface area contributed by atoms with Gasteiger partial charge in [-0.05, 0) is 36.2 Å². The average molecular weight is 326 g/mol. The number of anilines is 1. The molecule has 0 aliphatic rings. The van der Waals surface area contributed by atoms with Crippen LogP contribution < -0.4 is 16.0 Å². The fourth-order valence-electron chi connectivity index (χ4n) is 2.14. The van der Waals surface area contributed by atoms with Gasteiger partial charge >= 0.3 is 6.03 Å². The van der Waals surface area contributed by atoms with Crippen molar-refractivity contribution in [3.05, 3.63) is 59.9 Å². The Morgan fingerprint density at radius 1 is 1.17 bits per heavy atom. The number of hydrogen-bond acceptors (Lipinski definition) is 3. The maximum absolute atomic E-state index is 11.9. The van der Waals surface area contributed by atoms with Gasteiger partial charge in [0.25, 0.3) is 0 Å². The quantitative estimate of drug-likeness (QED) is 0.763. The first kappa shape index (κ1) is 17.5. The van der Waals surface area contributed by atoms with Gasteiger partial charge in [-0.3, -0.25) is 9.78 Å². The highest BCUT2D eigenvalue weighted by atomic mass is 16.2. The number of amides is 3. The van der Waals surface area contributed by atoms with Crippen LogP contribution >= 0.6 is 0 Å². The average Bonchev–Trinajstić information content (AvgIpc) is 2.61. The molecule has 3 amide bonds. The van der Waals surface area contributed by atoms with E-state index in [1.54, 1.807) is 12.4 Å². The third kappa shape index (κ3) is 5.39. The van der Waals surface area contributed by atoms with Crippen LogP contribution in [-0.4, -0.2) is 16.9 Å². The lowest BCUT2D eigenvalue weighted by Crippen LogP contribution is -2.28. The maximum atomic E-state index is 11.9. The van der Waals surface area contributed by atoms with Crippen molar-refractivity contribution in [3.8, 4) is 0 Å². The lowest BCUT2D eigenvalue weighted by molar-refractivity contribution is -0.121. The minimum atomic E-state index is -0.279. The molecule has 0 aliphatic carbocycles. The molecule has 2 rings (SSSR count). The second kappa shape index (κ2) is 8.67. The molecule has 0 saturated heterocycles. The van der Waals surface area contributed by atoms with E-state index in [0.29, 0.717) is 18.7 Å². The molecule has 0 bridgehead atoms. The van der Waals surface area contributed by atoms with E-state index in [9.17, 15) is 9.59 Å². The summed E-state index contributed by atoms with van der Waals surface area (Å²) in [5.41, 5.74) is 2.61. The van der Waals surface area contributed by atoms with Crippen molar-refractivity contribution in [1.82, 2.24) is 15.6 Å². The van der Waals surface area contributed by atoms with Crippen molar-refractivity contribution in [3.63, 3.8) is 0 Å². The molecule has 0 saturated carbocycles. The monoisotopic (exact) mass is 326 g/mol. The van der Waals surface area contributed by atoms with E-state index in [1.165, 1.54) is 0 Å². The van der Waals surface area contributed by atoms with Gasteiger partial charge < -0.3 is 16.0 Å². The Morgan fingerprint density at radius 3 is 2.54 bits per heavy atom. The van der Waals surface area contributed by atoms with Crippen LogP contribution in [0.25, 0.3) is 0 Å². The topological polar surface area (TPSA) is 83.1 Å². The third-order valence-corrected chi connectivity index (χ3v) is 3.54. The van der Waals surface area contributed by atoms with Crippen LogP contribution in [0.15, 0.2) is 48.8 Å². The van der Waals surface area contributed by atoms with Gasteiger partial charge in [0.1, 0.15) is 0 Å². The Hall–Kier alpha value is -2.89. The molecular weight excluding hydrogens is 304 g/mol. The summed E-state index contributed by atoms with van der Waals surface area (Å²) < 4.78 is 0. The van der Waals surface area contributed by atoms with Crippen molar-refractivity contribution in [2.24, 2.45) is 0 Å². The predicted octanol–water partition coefficient (Wildman–Crippen LogP) is 2.99. The van der Waals surface area contributed by atoms with Crippen molar-refractivity contribution in [1.29, 1.82) is 0 Å². The molecule has 0 aliphatic heterocycles. The minimum Gasteiger partial charge on any atom is -0.350 e. The Bertz CT molecular complexity index is 671. The summed E-state index contributed by atoms with van der Waals surface area (Å²) in [6, 6.07) is 10.8. The molecule has 0 fully saturated rings. The van der Waals surface area contributed by atoms with E-state index in [-0.39, 0.29) is 18.0 Å². The van der Waals surface area contributed by atoms with Crippen LogP contribution in [0.3, 0.4) is 0 Å². The predicted molar refractivity (Wildman–Crippen MR) is 93.4 cm³/mol. The molecule has 1 aromatic heterocycles. The van der Waals surface area contributed by atoms with Gasteiger partial charge in [-0.25, -0.2) is 4.79 Å². The number of nitrogens with zero attached hydrogens (tertiary/aromatic N) is 1. The van der Waals surface area contributed by atoms with E-state index in [4.69, 9.17) is 0 Å². The molecule has 6 heteroatoms. The van der Waals surface area contributed by atoms with Crippen LogP contribution in [-0.2, 0) is 11.3 Å². The van der Waals surface area contributed by atoms with E-state index in [0.717, 1.165) is 11.1 Å². The molecule has 126 valence electrons. The number of urea groups is 1. The van der Waals surface area contributed by atoms with E-state index >= 15 is 0 Å². The lowest BCUT2D eigenvalue weighted by Gasteiger charge is -2.14. The van der Waals surface area contributed by atoms with Crippen molar-refractivity contribution in [2.75, 3.05) is 5.32 Å². The van der Waals surface area contributed by atoms with Crippen molar-refractivity contribution < 1.29 is 9.59 Å². The summed E-state index contributed by atoms with van der Waals surface area (Å²) in [6.45, 7) is 4.16. The fourth-order valence-corrected chi connectivity index (χ4v) is 2.14. The Kier molecular flexibility index (Phi) is 6.31. The molecule has 6 nitrogen and oxygen atoms in total. The van der Waals surface area contributed by atoms with Crippen molar-refractivity contribution in [2.45, 2.75) is 32.9 Å². The highest BCUT2D eigenvalue weighted by Gasteiger charge is 2.08. The van der Waals surface area contributed by atoms with Crippen LogP contribution in [0.2, 0.25) is 0 Å². The first-order valence-corrected chi connectivity index (χ1v) is 7.91. The summed E-state index contributed by atoms with van der Waals surface area (Å²) in [4.78, 5) is 27.3. The number of carbonyl (C=O) groups excluding carboxylic acids is 2. The van der Waals surface area contributed by atoms with Gasteiger partial charge in [0.15, 0.2) is 0 Å². The van der Waals surface area contributed by atoms with Crippen LogP contribution in [0.4, 0.5) is 10.5 Å². The van der Waals surface area contributed by atoms with E-state index < -0.39 is 0 Å². The van der Waals surface area contributed by atoms with Crippen molar-refractivity contribution >= 4 is 17.6 Å². The van der Waals surface area contributed by atoms with Gasteiger partial charge in [-0.15, -0.1) is 0 Å². The molecule has 1 aromatic carbocycles. The summed E-state index contributed by atoms with van der Waals surface area (Å²) in [7, 11) is 0. The second-order valence-electron chi connectivity index (χ2n) is 5.43. The number of benzene rings is 1. The molecule has 2 aromatic rings. The summed E-state index contributed by atoms with van der Waals surface area (Å²) >= 11 is 0. The molecule has 3 N–H and O–H groups in total. The van der Waals surface area contributed by atoms with E-state index in [2.05, 4.69) is 20.9 Å². The lowest BCUT2D eigenvalue weighted by atomic mass is 10.1. The first-order valence-electron chi connectivity index (χ1n) is 7.91. The smallest absolute Gasteiger partial charge is 0.319 e. The molecule has 0 spiro atoms. The Labute approximate surface area is 141 Å². The largest absolute Gasteiger partial charge is 0.350 e.